The first-order valence-electron chi connectivity index (χ1n) is 7.56. The fourth-order valence-electron chi connectivity index (χ4n) is 2.27. The fraction of sp³-hybridized carbons (Fsp3) is 0.375. The topological polar surface area (TPSA) is 39.9 Å². The molecule has 122 valence electrons. The van der Waals surface area contributed by atoms with Crippen molar-refractivity contribution in [2.24, 2.45) is 0 Å². The molecule has 0 fully saturated rings. The third-order valence-electron chi connectivity index (χ3n) is 3.56. The van der Waals surface area contributed by atoms with Gasteiger partial charge in [0.25, 0.3) is 0 Å². The van der Waals surface area contributed by atoms with Crippen LogP contribution in [0.1, 0.15) is 0 Å². The predicted octanol–water partition coefficient (Wildman–Crippen LogP) is 5.23. The first kappa shape index (κ1) is 16.8. The highest BCUT2D eigenvalue weighted by Gasteiger charge is 2.15. The van der Waals surface area contributed by atoms with E-state index in [1.807, 2.05) is 4.68 Å². The number of aromatic nitrogens is 3. The number of halogens is 1. The summed E-state index contributed by atoms with van der Waals surface area (Å²) in [7, 11) is -1.07. The number of hydrogen-bond acceptors (Lipinski definition) is 4. The Labute approximate surface area is 149 Å². The second-order valence-corrected chi connectivity index (χ2v) is 14.0. The summed E-state index contributed by atoms with van der Waals surface area (Å²) in [6, 6.07) is 5.31. The first-order chi connectivity index (χ1) is 10.9. The molecule has 0 spiro atoms. The van der Waals surface area contributed by atoms with Crippen molar-refractivity contribution in [3.8, 4) is 11.3 Å². The van der Waals surface area contributed by atoms with Gasteiger partial charge < -0.3 is 4.74 Å². The van der Waals surface area contributed by atoms with Gasteiger partial charge >= 0.3 is 0 Å². The quantitative estimate of drug-likeness (QED) is 0.412. The van der Waals surface area contributed by atoms with Crippen LogP contribution in [0.25, 0.3) is 22.3 Å². The Morgan fingerprint density at radius 1 is 1.35 bits per heavy atom. The molecule has 3 rings (SSSR count). The van der Waals surface area contributed by atoms with Crippen LogP contribution >= 0.6 is 27.3 Å². The maximum atomic E-state index is 5.85. The lowest BCUT2D eigenvalue weighted by molar-refractivity contribution is 0.0814. The molecule has 0 unspecified atom stereocenters. The Bertz CT molecular complexity index is 796. The number of rotatable bonds is 6. The van der Waals surface area contributed by atoms with Gasteiger partial charge in [-0.25, -0.2) is 9.67 Å². The van der Waals surface area contributed by atoms with E-state index in [2.05, 4.69) is 63.4 Å². The Morgan fingerprint density at radius 2 is 2.17 bits per heavy atom. The van der Waals surface area contributed by atoms with Gasteiger partial charge in [-0.1, -0.05) is 19.6 Å². The number of thiophene rings is 1. The SMILES string of the molecule is C[Si](C)(C)CCOCn1nc(-c2ccsc2)c2cc(Br)cnc21. The Morgan fingerprint density at radius 3 is 2.87 bits per heavy atom. The van der Waals surface area contributed by atoms with Crippen molar-refractivity contribution in [3.63, 3.8) is 0 Å². The zero-order valence-electron chi connectivity index (χ0n) is 13.5. The molecule has 3 aromatic rings. The Kier molecular flexibility index (Phi) is 5.00. The van der Waals surface area contributed by atoms with Crippen molar-refractivity contribution >= 4 is 46.4 Å². The van der Waals surface area contributed by atoms with Gasteiger partial charge in [-0.3, -0.25) is 0 Å². The van der Waals surface area contributed by atoms with Gasteiger partial charge in [-0.2, -0.15) is 16.4 Å². The van der Waals surface area contributed by atoms with Gasteiger partial charge in [0.05, 0.1) is 0 Å². The zero-order chi connectivity index (χ0) is 16.4. The smallest absolute Gasteiger partial charge is 0.160 e. The van der Waals surface area contributed by atoms with Crippen molar-refractivity contribution in [2.75, 3.05) is 6.61 Å². The third kappa shape index (κ3) is 4.09. The van der Waals surface area contributed by atoms with E-state index in [-0.39, 0.29) is 0 Å². The second-order valence-electron chi connectivity index (χ2n) is 6.73. The van der Waals surface area contributed by atoms with Crippen molar-refractivity contribution in [1.82, 2.24) is 14.8 Å². The van der Waals surface area contributed by atoms with Crippen LogP contribution in [0.3, 0.4) is 0 Å². The lowest BCUT2D eigenvalue weighted by Crippen LogP contribution is -2.22. The number of hydrogen-bond donors (Lipinski definition) is 0. The number of pyridine rings is 1. The van der Waals surface area contributed by atoms with Crippen LogP contribution < -0.4 is 0 Å². The number of fused-ring (bicyclic) bond motifs is 1. The average Bonchev–Trinajstić information content (AvgIpc) is 3.09. The zero-order valence-corrected chi connectivity index (χ0v) is 16.9. The van der Waals surface area contributed by atoms with Crippen LogP contribution in [0.5, 0.6) is 0 Å². The summed E-state index contributed by atoms with van der Waals surface area (Å²) in [4.78, 5) is 4.52. The van der Waals surface area contributed by atoms with Gasteiger partial charge in [0.15, 0.2) is 5.65 Å². The molecular weight excluding hydrogens is 390 g/mol. The monoisotopic (exact) mass is 409 g/mol. The maximum absolute atomic E-state index is 5.85. The van der Waals surface area contributed by atoms with Crippen molar-refractivity contribution in [2.45, 2.75) is 32.4 Å². The van der Waals surface area contributed by atoms with E-state index in [9.17, 15) is 0 Å². The minimum Gasteiger partial charge on any atom is -0.359 e. The molecule has 0 atom stereocenters. The fourth-order valence-corrected chi connectivity index (χ4v) is 3.99. The molecule has 0 saturated carbocycles. The molecule has 3 aromatic heterocycles. The van der Waals surface area contributed by atoms with Gasteiger partial charge in [-0.15, -0.1) is 0 Å². The van der Waals surface area contributed by atoms with Crippen molar-refractivity contribution in [1.29, 1.82) is 0 Å². The van der Waals surface area contributed by atoms with E-state index in [0.29, 0.717) is 6.73 Å². The van der Waals surface area contributed by atoms with E-state index < -0.39 is 8.07 Å². The van der Waals surface area contributed by atoms with Crippen LogP contribution in [0, 0.1) is 0 Å². The van der Waals surface area contributed by atoms with E-state index in [1.54, 1.807) is 17.5 Å². The molecule has 0 aliphatic heterocycles. The Hall–Kier alpha value is -1.02. The molecule has 0 aliphatic carbocycles. The minimum atomic E-state index is -1.07. The highest BCUT2D eigenvalue weighted by atomic mass is 79.9. The maximum Gasteiger partial charge on any atom is 0.160 e. The van der Waals surface area contributed by atoms with Gasteiger partial charge in [0.2, 0.25) is 0 Å². The van der Waals surface area contributed by atoms with Crippen LogP contribution in [0.2, 0.25) is 25.7 Å². The van der Waals surface area contributed by atoms with E-state index in [4.69, 9.17) is 9.84 Å². The lowest BCUT2D eigenvalue weighted by Gasteiger charge is -2.15. The second kappa shape index (κ2) is 6.84. The molecule has 0 aromatic carbocycles. The van der Waals surface area contributed by atoms with Crippen molar-refractivity contribution < 1.29 is 4.74 Å². The summed E-state index contributed by atoms with van der Waals surface area (Å²) in [6.07, 6.45) is 1.81. The molecule has 0 aliphatic rings. The molecule has 23 heavy (non-hydrogen) atoms. The summed E-state index contributed by atoms with van der Waals surface area (Å²) >= 11 is 5.17. The normalized spacial score (nSPS) is 12.2. The summed E-state index contributed by atoms with van der Waals surface area (Å²) < 4.78 is 8.67. The van der Waals surface area contributed by atoms with E-state index in [1.165, 1.54) is 0 Å². The summed E-state index contributed by atoms with van der Waals surface area (Å²) in [5, 5.41) is 9.96. The summed E-state index contributed by atoms with van der Waals surface area (Å²) in [6.45, 7) is 8.29. The average molecular weight is 410 g/mol. The van der Waals surface area contributed by atoms with Crippen molar-refractivity contribution in [3.05, 3.63) is 33.6 Å². The molecule has 7 heteroatoms. The first-order valence-corrected chi connectivity index (χ1v) is 13.0. The van der Waals surface area contributed by atoms with Gasteiger partial charge in [0.1, 0.15) is 12.4 Å². The minimum absolute atomic E-state index is 0.444. The molecular formula is C16H20BrN3OSSi. The molecule has 0 bridgehead atoms. The largest absolute Gasteiger partial charge is 0.359 e. The molecule has 0 N–H and O–H groups in total. The van der Waals surface area contributed by atoms with Crippen LogP contribution in [0.15, 0.2) is 33.6 Å². The van der Waals surface area contributed by atoms with Crippen LogP contribution in [0.4, 0.5) is 0 Å². The van der Waals surface area contributed by atoms with Gasteiger partial charge in [0, 0.05) is 41.7 Å². The van der Waals surface area contributed by atoms with Gasteiger partial charge in [-0.05, 0) is 39.5 Å². The highest BCUT2D eigenvalue weighted by molar-refractivity contribution is 9.10. The Balaban J connectivity index is 1.86. The molecule has 3 heterocycles. The van der Waals surface area contributed by atoms with Crippen LogP contribution in [-0.2, 0) is 11.5 Å². The standard InChI is InChI=1S/C16H20BrN3OSSi/c1-23(2,3)7-5-21-11-20-16-14(8-13(17)9-18-16)15(19-20)12-4-6-22-10-12/h4,6,8-10H,5,7,11H2,1-3H3. The predicted molar refractivity (Wildman–Crippen MR) is 103 cm³/mol. The third-order valence-corrected chi connectivity index (χ3v) is 6.38. The number of ether oxygens (including phenoxy) is 1. The molecule has 4 nitrogen and oxygen atoms in total. The number of nitrogens with zero attached hydrogens (tertiary/aromatic N) is 3. The highest BCUT2D eigenvalue weighted by Crippen LogP contribution is 2.30. The molecule has 0 saturated heterocycles. The molecule has 0 amide bonds. The molecule has 0 radical (unpaired) electrons. The van der Waals surface area contributed by atoms with E-state index >= 15 is 0 Å². The van der Waals surface area contributed by atoms with E-state index in [0.717, 1.165) is 39.4 Å². The summed E-state index contributed by atoms with van der Waals surface area (Å²) in [5.74, 6) is 0. The van der Waals surface area contributed by atoms with Crippen LogP contribution in [-0.4, -0.2) is 29.4 Å². The summed E-state index contributed by atoms with van der Waals surface area (Å²) in [5.41, 5.74) is 2.95. The lowest BCUT2D eigenvalue weighted by atomic mass is 10.2.